The van der Waals surface area contributed by atoms with E-state index in [9.17, 15) is 4.79 Å². The van der Waals surface area contributed by atoms with E-state index >= 15 is 0 Å². The molecule has 16 heavy (non-hydrogen) atoms. The van der Waals surface area contributed by atoms with Gasteiger partial charge in [0.25, 0.3) is 5.91 Å². The Balaban J connectivity index is 2.21. The third-order valence-corrected chi connectivity index (χ3v) is 2.93. The summed E-state index contributed by atoms with van der Waals surface area (Å²) < 4.78 is 7.65. The molecule has 2 N–H and O–H groups in total. The minimum absolute atomic E-state index is 0.0899. The average molecular weight is 290 g/mol. The van der Waals surface area contributed by atoms with Gasteiger partial charge in [-0.05, 0) is 15.9 Å². The molecule has 0 spiro atoms. The van der Waals surface area contributed by atoms with Gasteiger partial charge in [-0.25, -0.2) is 4.68 Å². The highest BCUT2D eigenvalue weighted by molar-refractivity contribution is 9.10. The Hall–Kier alpha value is -1.08. The van der Waals surface area contributed by atoms with Crippen LogP contribution in [-0.4, -0.2) is 40.6 Å². The van der Waals surface area contributed by atoms with E-state index in [1.165, 1.54) is 0 Å². The molecule has 0 aromatic carbocycles. The van der Waals surface area contributed by atoms with Crippen molar-refractivity contribution in [1.82, 2.24) is 15.1 Å². The first kappa shape index (κ1) is 11.4. The minimum atomic E-state index is -0.313. The van der Waals surface area contributed by atoms with E-state index in [1.807, 2.05) is 0 Å². The molecule has 0 saturated heterocycles. The number of fused-ring (bicyclic) bond motifs is 1. The van der Waals surface area contributed by atoms with Crippen molar-refractivity contribution in [2.45, 2.75) is 13.0 Å². The maximum absolute atomic E-state index is 11.7. The fourth-order valence-electron chi connectivity index (χ4n) is 1.50. The molecule has 0 bridgehead atoms. The lowest BCUT2D eigenvalue weighted by Crippen LogP contribution is -2.27. The number of nitrogens with zero attached hydrogens (tertiary/aromatic N) is 2. The van der Waals surface area contributed by atoms with Crippen molar-refractivity contribution in [3.05, 3.63) is 10.2 Å². The molecule has 1 aliphatic rings. The summed E-state index contributed by atoms with van der Waals surface area (Å²) in [5, 5.41) is 15.3. The lowest BCUT2D eigenvalue weighted by molar-refractivity contribution is 0.0938. The second-order valence-electron chi connectivity index (χ2n) is 3.37. The number of aliphatic hydroxyl groups is 1. The van der Waals surface area contributed by atoms with E-state index in [-0.39, 0.29) is 19.1 Å². The highest BCUT2D eigenvalue weighted by Gasteiger charge is 2.24. The maximum Gasteiger partial charge on any atom is 0.273 e. The topological polar surface area (TPSA) is 76.4 Å². The fraction of sp³-hybridized carbons (Fsp3) is 0.556. The standard InChI is InChI=1S/C9H12BrN3O3/c10-6-7(8(15)11-2-4-14)12-13-3-1-5-16-9(6)13/h14H,1-5H2,(H,11,15). The van der Waals surface area contributed by atoms with E-state index in [1.54, 1.807) is 4.68 Å². The third-order valence-electron chi connectivity index (χ3n) is 2.22. The Labute approximate surface area is 101 Å². The van der Waals surface area contributed by atoms with E-state index in [0.717, 1.165) is 13.0 Å². The van der Waals surface area contributed by atoms with Crippen molar-refractivity contribution >= 4 is 21.8 Å². The van der Waals surface area contributed by atoms with Crippen molar-refractivity contribution in [1.29, 1.82) is 0 Å². The van der Waals surface area contributed by atoms with E-state index < -0.39 is 0 Å². The van der Waals surface area contributed by atoms with Crippen LogP contribution in [0.25, 0.3) is 0 Å². The van der Waals surface area contributed by atoms with E-state index in [0.29, 0.717) is 22.7 Å². The highest BCUT2D eigenvalue weighted by Crippen LogP contribution is 2.30. The first-order valence-electron chi connectivity index (χ1n) is 5.02. The summed E-state index contributed by atoms with van der Waals surface area (Å²) in [6.07, 6.45) is 0.888. The predicted octanol–water partition coefficient (Wildman–Crippen LogP) is 0.150. The second kappa shape index (κ2) is 4.84. The van der Waals surface area contributed by atoms with Gasteiger partial charge in [0.1, 0.15) is 4.47 Å². The van der Waals surface area contributed by atoms with Gasteiger partial charge in [0.15, 0.2) is 5.69 Å². The number of ether oxygens (including phenoxy) is 1. The third kappa shape index (κ3) is 2.05. The number of carbonyl (C=O) groups is 1. The number of hydrogen-bond acceptors (Lipinski definition) is 4. The molecule has 88 valence electrons. The zero-order chi connectivity index (χ0) is 11.5. The quantitative estimate of drug-likeness (QED) is 0.831. The van der Waals surface area contributed by atoms with Gasteiger partial charge >= 0.3 is 0 Å². The summed E-state index contributed by atoms with van der Waals surface area (Å²) in [6, 6.07) is 0. The molecule has 0 fully saturated rings. The number of nitrogens with one attached hydrogen (secondary N) is 1. The Bertz CT molecular complexity index is 405. The number of hydrogen-bond donors (Lipinski definition) is 2. The molecule has 0 radical (unpaired) electrons. The van der Waals surface area contributed by atoms with Crippen molar-refractivity contribution in [2.24, 2.45) is 0 Å². The van der Waals surface area contributed by atoms with Gasteiger partial charge in [-0.15, -0.1) is 0 Å². The van der Waals surface area contributed by atoms with Crippen molar-refractivity contribution in [3.63, 3.8) is 0 Å². The van der Waals surface area contributed by atoms with E-state index in [2.05, 4.69) is 26.3 Å². The maximum atomic E-state index is 11.7. The molecular formula is C9H12BrN3O3. The lowest BCUT2D eigenvalue weighted by Gasteiger charge is -2.14. The SMILES string of the molecule is O=C(NCCO)c1nn2c(c1Br)OCCC2. The fourth-order valence-corrected chi connectivity index (χ4v) is 2.07. The van der Waals surface area contributed by atoms with E-state index in [4.69, 9.17) is 9.84 Å². The Morgan fingerprint density at radius 3 is 3.19 bits per heavy atom. The monoisotopic (exact) mass is 289 g/mol. The summed E-state index contributed by atoms with van der Waals surface area (Å²) >= 11 is 3.30. The van der Waals surface area contributed by atoms with Gasteiger partial charge in [0.05, 0.1) is 13.2 Å². The molecule has 0 unspecified atom stereocenters. The van der Waals surface area contributed by atoms with Gasteiger partial charge in [-0.1, -0.05) is 0 Å². The molecule has 1 aromatic rings. The van der Waals surface area contributed by atoms with Crippen LogP contribution in [0.3, 0.4) is 0 Å². The van der Waals surface area contributed by atoms with Crippen LogP contribution < -0.4 is 10.1 Å². The van der Waals surface area contributed by atoms with Crippen LogP contribution in [0.1, 0.15) is 16.9 Å². The molecular weight excluding hydrogens is 278 g/mol. The molecule has 7 heteroatoms. The smallest absolute Gasteiger partial charge is 0.273 e. The molecule has 1 aromatic heterocycles. The zero-order valence-corrected chi connectivity index (χ0v) is 10.2. The molecule has 2 rings (SSSR count). The molecule has 1 amide bonds. The number of aliphatic hydroxyl groups excluding tert-OH is 1. The van der Waals surface area contributed by atoms with Crippen molar-refractivity contribution < 1.29 is 14.6 Å². The average Bonchev–Trinajstić information content (AvgIpc) is 2.64. The summed E-state index contributed by atoms with van der Waals surface area (Å²) in [6.45, 7) is 1.52. The molecule has 0 atom stereocenters. The van der Waals surface area contributed by atoms with Crippen LogP contribution in [0.2, 0.25) is 0 Å². The number of rotatable bonds is 3. The normalized spacial score (nSPS) is 14.1. The largest absolute Gasteiger partial charge is 0.477 e. The van der Waals surface area contributed by atoms with Gasteiger partial charge in [0, 0.05) is 19.5 Å². The Morgan fingerprint density at radius 2 is 2.50 bits per heavy atom. The molecule has 0 aliphatic carbocycles. The summed E-state index contributed by atoms with van der Waals surface area (Å²) in [4.78, 5) is 11.7. The molecule has 2 heterocycles. The van der Waals surface area contributed by atoms with Gasteiger partial charge in [-0.2, -0.15) is 5.10 Å². The van der Waals surface area contributed by atoms with Crippen LogP contribution >= 0.6 is 15.9 Å². The summed E-state index contributed by atoms with van der Waals surface area (Å²) in [5.41, 5.74) is 0.297. The first-order valence-corrected chi connectivity index (χ1v) is 5.81. The summed E-state index contributed by atoms with van der Waals surface area (Å²) in [7, 11) is 0. The van der Waals surface area contributed by atoms with Crippen molar-refractivity contribution in [3.8, 4) is 5.88 Å². The predicted molar refractivity (Wildman–Crippen MR) is 59.5 cm³/mol. The van der Waals surface area contributed by atoms with Crippen LogP contribution in [-0.2, 0) is 6.54 Å². The summed E-state index contributed by atoms with van der Waals surface area (Å²) in [5.74, 6) is 0.284. The Morgan fingerprint density at radius 1 is 1.69 bits per heavy atom. The van der Waals surface area contributed by atoms with Crippen LogP contribution in [0.5, 0.6) is 5.88 Å². The molecule has 1 aliphatic heterocycles. The number of carbonyl (C=O) groups excluding carboxylic acids is 1. The van der Waals surface area contributed by atoms with Crippen LogP contribution in [0.15, 0.2) is 4.47 Å². The van der Waals surface area contributed by atoms with Gasteiger partial charge < -0.3 is 15.2 Å². The van der Waals surface area contributed by atoms with Gasteiger partial charge in [-0.3, -0.25) is 4.79 Å². The lowest BCUT2D eigenvalue weighted by atomic mass is 10.4. The first-order chi connectivity index (χ1) is 7.74. The van der Waals surface area contributed by atoms with Crippen molar-refractivity contribution in [2.75, 3.05) is 19.8 Å². The van der Waals surface area contributed by atoms with Crippen LogP contribution in [0, 0.1) is 0 Å². The number of amides is 1. The number of aromatic nitrogens is 2. The molecule has 0 saturated carbocycles. The Kier molecular flexibility index (Phi) is 3.45. The number of aryl methyl sites for hydroxylation is 1. The second-order valence-corrected chi connectivity index (χ2v) is 4.17. The highest BCUT2D eigenvalue weighted by atomic mass is 79.9. The van der Waals surface area contributed by atoms with Crippen LogP contribution in [0.4, 0.5) is 0 Å². The van der Waals surface area contributed by atoms with Gasteiger partial charge in [0.2, 0.25) is 5.88 Å². The molecule has 6 nitrogen and oxygen atoms in total. The number of halogens is 1. The minimum Gasteiger partial charge on any atom is -0.477 e. The zero-order valence-electron chi connectivity index (χ0n) is 8.57.